The number of benzene rings is 2. The summed E-state index contributed by atoms with van der Waals surface area (Å²) in [6, 6.07) is 15.0. The molecule has 0 radical (unpaired) electrons. The van der Waals surface area contributed by atoms with E-state index >= 15 is 0 Å². The highest BCUT2D eigenvalue weighted by molar-refractivity contribution is 5.90. The van der Waals surface area contributed by atoms with Crippen molar-refractivity contribution in [3.8, 4) is 11.1 Å². The van der Waals surface area contributed by atoms with Crippen LogP contribution in [0, 0.1) is 6.92 Å². The Balaban J connectivity index is 2.13. The summed E-state index contributed by atoms with van der Waals surface area (Å²) in [5.41, 5.74) is 10.5. The van der Waals surface area contributed by atoms with E-state index in [9.17, 15) is 0 Å². The van der Waals surface area contributed by atoms with Gasteiger partial charge in [-0.15, -0.1) is 0 Å². The number of pyridine rings is 1. The zero-order valence-electron chi connectivity index (χ0n) is 12.6. The predicted molar refractivity (Wildman–Crippen MR) is 90.7 cm³/mol. The smallest absolute Gasteiger partial charge is 0.126 e. The van der Waals surface area contributed by atoms with Crippen LogP contribution < -0.4 is 10.6 Å². The first-order valence-corrected chi connectivity index (χ1v) is 6.99. The Morgan fingerprint density at radius 1 is 0.952 bits per heavy atom. The van der Waals surface area contributed by atoms with Gasteiger partial charge in [0.15, 0.2) is 0 Å². The van der Waals surface area contributed by atoms with E-state index in [0.29, 0.717) is 5.82 Å². The maximum Gasteiger partial charge on any atom is 0.126 e. The summed E-state index contributed by atoms with van der Waals surface area (Å²) in [6.45, 7) is 2.01. The Kier molecular flexibility index (Phi) is 3.26. The van der Waals surface area contributed by atoms with E-state index in [1.54, 1.807) is 6.20 Å². The second-order valence-corrected chi connectivity index (χ2v) is 5.51. The monoisotopic (exact) mass is 277 g/mol. The van der Waals surface area contributed by atoms with Crippen molar-refractivity contribution in [2.24, 2.45) is 0 Å². The van der Waals surface area contributed by atoms with Crippen LogP contribution in [0.1, 0.15) is 5.56 Å². The van der Waals surface area contributed by atoms with Crippen LogP contribution in [0.3, 0.4) is 0 Å². The summed E-state index contributed by atoms with van der Waals surface area (Å²) in [7, 11) is 4.11. The first-order valence-electron chi connectivity index (χ1n) is 6.99. The molecule has 3 heteroatoms. The molecule has 0 aliphatic carbocycles. The molecular formula is C18H19N3. The number of nitrogen functional groups attached to an aromatic ring is 1. The van der Waals surface area contributed by atoms with Gasteiger partial charge in [-0.25, -0.2) is 4.98 Å². The van der Waals surface area contributed by atoms with Crippen molar-refractivity contribution < 1.29 is 0 Å². The molecule has 0 saturated heterocycles. The van der Waals surface area contributed by atoms with Crippen LogP contribution in [-0.4, -0.2) is 19.1 Å². The van der Waals surface area contributed by atoms with Crippen LogP contribution in [0.4, 0.5) is 11.5 Å². The number of nitrogens with two attached hydrogens (primary N) is 1. The van der Waals surface area contributed by atoms with E-state index in [-0.39, 0.29) is 0 Å². The third kappa shape index (κ3) is 2.42. The number of nitrogens with zero attached hydrogens (tertiary/aromatic N) is 2. The maximum atomic E-state index is 5.91. The molecule has 106 valence electrons. The Hall–Kier alpha value is -2.55. The highest BCUT2D eigenvalue weighted by Gasteiger charge is 2.06. The first kappa shape index (κ1) is 13.4. The van der Waals surface area contributed by atoms with Crippen LogP contribution >= 0.6 is 0 Å². The molecule has 0 bridgehead atoms. The van der Waals surface area contributed by atoms with Gasteiger partial charge in [0.05, 0.1) is 0 Å². The molecule has 0 unspecified atom stereocenters. The number of aromatic nitrogens is 1. The van der Waals surface area contributed by atoms with E-state index in [0.717, 1.165) is 11.1 Å². The van der Waals surface area contributed by atoms with E-state index in [1.165, 1.54) is 22.0 Å². The van der Waals surface area contributed by atoms with Crippen molar-refractivity contribution in [2.45, 2.75) is 6.92 Å². The van der Waals surface area contributed by atoms with Gasteiger partial charge in [-0.2, -0.15) is 0 Å². The topological polar surface area (TPSA) is 42.2 Å². The van der Waals surface area contributed by atoms with Crippen molar-refractivity contribution in [1.29, 1.82) is 0 Å². The lowest BCUT2D eigenvalue weighted by Gasteiger charge is -2.14. The molecule has 0 atom stereocenters. The fourth-order valence-corrected chi connectivity index (χ4v) is 2.54. The highest BCUT2D eigenvalue weighted by Crippen LogP contribution is 2.30. The van der Waals surface area contributed by atoms with Crippen molar-refractivity contribution in [1.82, 2.24) is 4.98 Å². The van der Waals surface area contributed by atoms with E-state index < -0.39 is 0 Å². The molecule has 0 spiro atoms. The van der Waals surface area contributed by atoms with Gasteiger partial charge in [-0.1, -0.05) is 18.2 Å². The van der Waals surface area contributed by atoms with Crippen LogP contribution in [0.25, 0.3) is 21.9 Å². The summed E-state index contributed by atoms with van der Waals surface area (Å²) < 4.78 is 0. The fourth-order valence-electron chi connectivity index (χ4n) is 2.54. The van der Waals surface area contributed by atoms with Gasteiger partial charge in [0.25, 0.3) is 0 Å². The molecule has 1 heterocycles. The average molecular weight is 277 g/mol. The number of fused-ring (bicyclic) bond motifs is 1. The van der Waals surface area contributed by atoms with Crippen molar-refractivity contribution in [3.05, 3.63) is 54.2 Å². The first-order chi connectivity index (χ1) is 10.1. The largest absolute Gasteiger partial charge is 0.383 e. The number of anilines is 2. The number of hydrogen-bond donors (Lipinski definition) is 1. The quantitative estimate of drug-likeness (QED) is 0.773. The Morgan fingerprint density at radius 2 is 1.67 bits per heavy atom. The average Bonchev–Trinajstić information content (AvgIpc) is 2.49. The minimum atomic E-state index is 0.593. The van der Waals surface area contributed by atoms with Gasteiger partial charge in [0, 0.05) is 26.0 Å². The summed E-state index contributed by atoms with van der Waals surface area (Å²) in [5.74, 6) is 0.593. The summed E-state index contributed by atoms with van der Waals surface area (Å²) >= 11 is 0. The van der Waals surface area contributed by atoms with Crippen LogP contribution in [0.15, 0.2) is 48.7 Å². The molecule has 2 N–H and O–H groups in total. The van der Waals surface area contributed by atoms with Crippen LogP contribution in [0.5, 0.6) is 0 Å². The summed E-state index contributed by atoms with van der Waals surface area (Å²) in [6.07, 6.45) is 1.76. The van der Waals surface area contributed by atoms with Crippen molar-refractivity contribution >= 4 is 22.3 Å². The number of rotatable bonds is 2. The SMILES string of the molecule is Cc1c(-c2ccc3cc(N(C)C)ccc3c2)ccnc1N. The fraction of sp³-hybridized carbons (Fsp3) is 0.167. The minimum Gasteiger partial charge on any atom is -0.383 e. The molecule has 1 aromatic heterocycles. The van der Waals surface area contributed by atoms with Crippen LogP contribution in [0.2, 0.25) is 0 Å². The van der Waals surface area contributed by atoms with E-state index in [2.05, 4.69) is 60.4 Å². The molecule has 0 aliphatic rings. The van der Waals surface area contributed by atoms with Crippen LogP contribution in [-0.2, 0) is 0 Å². The summed E-state index contributed by atoms with van der Waals surface area (Å²) in [4.78, 5) is 6.24. The molecule has 0 aliphatic heterocycles. The van der Waals surface area contributed by atoms with E-state index in [1.807, 2.05) is 13.0 Å². The predicted octanol–water partition coefficient (Wildman–Crippen LogP) is 3.86. The Labute approximate surface area is 125 Å². The normalized spacial score (nSPS) is 10.8. The van der Waals surface area contributed by atoms with Gasteiger partial charge in [-0.3, -0.25) is 0 Å². The lowest BCUT2D eigenvalue weighted by atomic mass is 9.98. The second kappa shape index (κ2) is 5.09. The standard InChI is InChI=1S/C18H19N3/c1-12-17(8-9-20-18(12)19)15-5-4-14-11-16(21(2)3)7-6-13(14)10-15/h4-11H,1-3H3,(H2,19,20). The van der Waals surface area contributed by atoms with Gasteiger partial charge < -0.3 is 10.6 Å². The van der Waals surface area contributed by atoms with E-state index in [4.69, 9.17) is 5.73 Å². The molecule has 0 amide bonds. The Bertz CT molecular complexity index is 807. The van der Waals surface area contributed by atoms with Gasteiger partial charge in [0.2, 0.25) is 0 Å². The Morgan fingerprint density at radius 3 is 2.43 bits per heavy atom. The lowest BCUT2D eigenvalue weighted by Crippen LogP contribution is -2.07. The molecule has 0 saturated carbocycles. The molecule has 3 rings (SSSR count). The minimum absolute atomic E-state index is 0.593. The third-order valence-electron chi connectivity index (χ3n) is 3.89. The van der Waals surface area contributed by atoms with Gasteiger partial charge >= 0.3 is 0 Å². The zero-order chi connectivity index (χ0) is 15.0. The molecule has 3 nitrogen and oxygen atoms in total. The molecule has 0 fully saturated rings. The second-order valence-electron chi connectivity index (χ2n) is 5.51. The third-order valence-corrected chi connectivity index (χ3v) is 3.89. The number of hydrogen-bond acceptors (Lipinski definition) is 3. The van der Waals surface area contributed by atoms with Gasteiger partial charge in [-0.05, 0) is 58.7 Å². The zero-order valence-corrected chi connectivity index (χ0v) is 12.6. The van der Waals surface area contributed by atoms with Gasteiger partial charge in [0.1, 0.15) is 5.82 Å². The van der Waals surface area contributed by atoms with Crippen molar-refractivity contribution in [3.63, 3.8) is 0 Å². The highest BCUT2D eigenvalue weighted by atomic mass is 15.1. The summed E-state index contributed by atoms with van der Waals surface area (Å²) in [5, 5.41) is 2.47. The molecule has 21 heavy (non-hydrogen) atoms. The molecular weight excluding hydrogens is 258 g/mol. The lowest BCUT2D eigenvalue weighted by molar-refractivity contribution is 1.14. The maximum absolute atomic E-state index is 5.91. The molecule has 3 aromatic rings. The van der Waals surface area contributed by atoms with Crippen molar-refractivity contribution in [2.75, 3.05) is 24.7 Å². The molecule has 2 aromatic carbocycles.